The third-order valence-electron chi connectivity index (χ3n) is 6.47. The van der Waals surface area contributed by atoms with Crippen LogP contribution >= 0.6 is 0 Å². The quantitative estimate of drug-likeness (QED) is 0.152. The summed E-state index contributed by atoms with van der Waals surface area (Å²) in [5.74, 6) is -0.266. The van der Waals surface area contributed by atoms with Gasteiger partial charge in [-0.25, -0.2) is 4.39 Å². The monoisotopic (exact) mass is 535 g/mol. The van der Waals surface area contributed by atoms with Gasteiger partial charge in [-0.05, 0) is 104 Å². The number of nitrogens with zero attached hydrogens (tertiary/aromatic N) is 2. The molecule has 0 fully saturated rings. The highest BCUT2D eigenvalue weighted by Gasteiger charge is 2.12. The van der Waals surface area contributed by atoms with Crippen LogP contribution in [0.3, 0.4) is 0 Å². The molecule has 2 aromatic carbocycles. The molecule has 0 unspecified atom stereocenters. The van der Waals surface area contributed by atoms with Gasteiger partial charge >= 0.3 is 0 Å². The Morgan fingerprint density at radius 3 is 2.62 bits per heavy atom. The van der Waals surface area contributed by atoms with Crippen molar-refractivity contribution in [3.05, 3.63) is 114 Å². The topological polar surface area (TPSA) is 70.0 Å². The molecule has 5 nitrogen and oxygen atoms in total. The van der Waals surface area contributed by atoms with E-state index in [0.29, 0.717) is 12.1 Å². The molecule has 2 aromatic heterocycles. The Labute approximate surface area is 237 Å². The zero-order valence-electron chi connectivity index (χ0n) is 23.8. The number of pyridine rings is 1. The minimum Gasteiger partial charge on any atom is -0.399 e. The predicted octanol–water partition coefficient (Wildman–Crippen LogP) is 6.95. The number of aryl methyl sites for hydroxylation is 1. The predicted molar refractivity (Wildman–Crippen MR) is 168 cm³/mol. The van der Waals surface area contributed by atoms with Gasteiger partial charge in [0.05, 0.1) is 0 Å². The lowest BCUT2D eigenvalue weighted by atomic mass is 9.99. The number of allylic oxidation sites excluding steroid dienone is 4. The van der Waals surface area contributed by atoms with Crippen LogP contribution in [-0.4, -0.2) is 42.1 Å². The van der Waals surface area contributed by atoms with Gasteiger partial charge in [0.25, 0.3) is 0 Å². The van der Waals surface area contributed by atoms with Gasteiger partial charge in [-0.15, -0.1) is 12.8 Å². The van der Waals surface area contributed by atoms with Gasteiger partial charge in [0.15, 0.2) is 0 Å². The molecule has 2 heterocycles. The molecule has 40 heavy (non-hydrogen) atoms. The molecule has 0 radical (unpaired) electrons. The zero-order chi connectivity index (χ0) is 29.2. The molecule has 0 atom stereocenters. The van der Waals surface area contributed by atoms with E-state index >= 15 is 0 Å². The highest BCUT2D eigenvalue weighted by atomic mass is 19.1. The van der Waals surface area contributed by atoms with Gasteiger partial charge in [0.1, 0.15) is 5.82 Å². The first-order chi connectivity index (χ1) is 19.2. The molecule has 4 aromatic rings. The van der Waals surface area contributed by atoms with E-state index in [9.17, 15) is 4.39 Å². The van der Waals surface area contributed by atoms with Gasteiger partial charge < -0.3 is 20.9 Å². The Hall–Kier alpha value is -4.60. The van der Waals surface area contributed by atoms with E-state index in [1.165, 1.54) is 6.07 Å². The number of H-pyrrole nitrogens is 1. The number of likely N-dealkylation sites (N-methyl/N-ethyl adjacent to an activating group) is 1. The van der Waals surface area contributed by atoms with Crippen molar-refractivity contribution in [3.8, 4) is 24.0 Å². The molecule has 0 saturated heterocycles. The number of fused-ring (bicyclic) bond motifs is 1. The van der Waals surface area contributed by atoms with Crippen LogP contribution in [0, 0.1) is 25.6 Å². The van der Waals surface area contributed by atoms with Crippen LogP contribution in [-0.2, 0) is 6.42 Å². The van der Waals surface area contributed by atoms with Crippen LogP contribution in [0.2, 0.25) is 0 Å². The maximum absolute atomic E-state index is 14.6. The molecule has 6 heteroatoms. The first-order valence-corrected chi connectivity index (χ1v) is 13.1. The second-order valence-electron chi connectivity index (χ2n) is 9.89. The number of halogens is 1. The van der Waals surface area contributed by atoms with Gasteiger partial charge in [0, 0.05) is 59.9 Å². The van der Waals surface area contributed by atoms with E-state index in [-0.39, 0.29) is 5.82 Å². The lowest BCUT2D eigenvalue weighted by Crippen LogP contribution is -2.20. The SMILES string of the molecule is C#C.C=C(/C=C(Cc1cc2c(-c3cc(F)cc(NCCN(C)C)c3)cccc2[nH]1)\C(N)=C/C)c1cncc(C)c1. The summed E-state index contributed by atoms with van der Waals surface area (Å²) in [5, 5.41) is 4.37. The second kappa shape index (κ2) is 14.0. The number of aromatic nitrogens is 2. The zero-order valence-corrected chi connectivity index (χ0v) is 23.8. The largest absolute Gasteiger partial charge is 0.399 e. The van der Waals surface area contributed by atoms with Crippen LogP contribution < -0.4 is 11.1 Å². The standard InChI is InChI=1S/C32H36FN5.C2H2/c1-6-31(34)24(13-22(3)25-12-21(2)19-35-20-25)16-28-18-30-29(8-7-9-32(30)37-28)23-14-26(33)17-27(15-23)36-10-11-38(4)5;1-2/h6-9,12-15,17-20,36-37H,3,10-11,16,34H2,1-2,4-5H3;1-2H/b24-13-,31-6+;. The molecule has 0 spiro atoms. The minimum atomic E-state index is -0.266. The average Bonchev–Trinajstić information content (AvgIpc) is 3.35. The van der Waals surface area contributed by atoms with Gasteiger partial charge in [0.2, 0.25) is 0 Å². The van der Waals surface area contributed by atoms with Crippen LogP contribution in [0.4, 0.5) is 10.1 Å². The summed E-state index contributed by atoms with van der Waals surface area (Å²) in [5.41, 5.74) is 15.5. The highest BCUT2D eigenvalue weighted by molar-refractivity contribution is 5.96. The van der Waals surface area contributed by atoms with Crippen LogP contribution in [0.1, 0.15) is 23.7 Å². The van der Waals surface area contributed by atoms with E-state index in [4.69, 9.17) is 5.73 Å². The van der Waals surface area contributed by atoms with E-state index in [0.717, 1.165) is 68.8 Å². The molecule has 206 valence electrons. The first kappa shape index (κ1) is 29.9. The van der Waals surface area contributed by atoms with E-state index in [1.807, 2.05) is 76.8 Å². The van der Waals surface area contributed by atoms with Gasteiger partial charge in [-0.1, -0.05) is 24.8 Å². The van der Waals surface area contributed by atoms with Crippen LogP contribution in [0.25, 0.3) is 27.6 Å². The number of terminal acetylenes is 1. The summed E-state index contributed by atoms with van der Waals surface area (Å²) in [4.78, 5) is 9.91. The average molecular weight is 536 g/mol. The van der Waals surface area contributed by atoms with E-state index in [2.05, 4.69) is 51.7 Å². The molecule has 0 amide bonds. The fraction of sp³-hybridized carbons (Fsp3) is 0.206. The summed E-state index contributed by atoms with van der Waals surface area (Å²) in [6.45, 7) is 9.79. The number of nitrogens with two attached hydrogens (primary N) is 1. The number of benzene rings is 2. The fourth-order valence-electron chi connectivity index (χ4n) is 4.48. The summed E-state index contributed by atoms with van der Waals surface area (Å²) in [7, 11) is 4.03. The fourth-order valence-corrected chi connectivity index (χ4v) is 4.48. The Morgan fingerprint density at radius 1 is 1.15 bits per heavy atom. The van der Waals surface area contributed by atoms with Crippen molar-refractivity contribution >= 4 is 22.2 Å². The van der Waals surface area contributed by atoms with Gasteiger partial charge in [-0.2, -0.15) is 0 Å². The van der Waals surface area contributed by atoms with Crippen molar-refractivity contribution in [1.29, 1.82) is 0 Å². The second-order valence-corrected chi connectivity index (χ2v) is 9.89. The lowest BCUT2D eigenvalue weighted by Gasteiger charge is -2.13. The van der Waals surface area contributed by atoms with E-state index in [1.54, 1.807) is 6.07 Å². The number of rotatable bonds is 10. The summed E-state index contributed by atoms with van der Waals surface area (Å²) < 4.78 is 14.6. The molecule has 0 bridgehead atoms. The van der Waals surface area contributed by atoms with Crippen LogP contribution in [0.15, 0.2) is 90.9 Å². The lowest BCUT2D eigenvalue weighted by molar-refractivity contribution is 0.425. The number of nitrogens with one attached hydrogen (secondary N) is 2. The normalized spacial score (nSPS) is 11.8. The Morgan fingerprint density at radius 2 is 1.93 bits per heavy atom. The van der Waals surface area contributed by atoms with Crippen molar-refractivity contribution in [1.82, 2.24) is 14.9 Å². The molecular formula is C34H38FN5. The van der Waals surface area contributed by atoms with Crippen molar-refractivity contribution in [2.75, 3.05) is 32.5 Å². The summed E-state index contributed by atoms with van der Waals surface area (Å²) >= 11 is 0. The molecule has 0 aliphatic rings. The maximum atomic E-state index is 14.6. The molecule has 4 N–H and O–H groups in total. The number of anilines is 1. The Kier molecular flexibility index (Phi) is 10.5. The maximum Gasteiger partial charge on any atom is 0.125 e. The van der Waals surface area contributed by atoms with E-state index < -0.39 is 0 Å². The number of aromatic amines is 1. The Balaban J connectivity index is 0.00000216. The van der Waals surface area contributed by atoms with Crippen LogP contribution in [0.5, 0.6) is 0 Å². The molecular weight excluding hydrogens is 497 g/mol. The smallest absolute Gasteiger partial charge is 0.125 e. The third kappa shape index (κ3) is 7.72. The van der Waals surface area contributed by atoms with Crippen molar-refractivity contribution in [2.24, 2.45) is 5.73 Å². The molecule has 4 rings (SSSR count). The minimum absolute atomic E-state index is 0.266. The third-order valence-corrected chi connectivity index (χ3v) is 6.47. The number of hydrogen-bond acceptors (Lipinski definition) is 4. The number of hydrogen-bond donors (Lipinski definition) is 3. The van der Waals surface area contributed by atoms with Crippen molar-refractivity contribution in [2.45, 2.75) is 20.3 Å². The molecule has 0 aliphatic heterocycles. The van der Waals surface area contributed by atoms with Crippen molar-refractivity contribution < 1.29 is 4.39 Å². The summed E-state index contributed by atoms with van der Waals surface area (Å²) in [6, 6.07) is 15.4. The summed E-state index contributed by atoms with van der Waals surface area (Å²) in [6.07, 6.45) is 16.2. The van der Waals surface area contributed by atoms with Gasteiger partial charge in [-0.3, -0.25) is 4.98 Å². The van der Waals surface area contributed by atoms with Crippen molar-refractivity contribution in [3.63, 3.8) is 0 Å². The Bertz CT molecular complexity index is 1560. The first-order valence-electron chi connectivity index (χ1n) is 13.1. The molecule has 0 saturated carbocycles. The highest BCUT2D eigenvalue weighted by Crippen LogP contribution is 2.32. The molecule has 0 aliphatic carbocycles.